The molecular weight excluding hydrogens is 468 g/mol. The van der Waals surface area contributed by atoms with Crippen LogP contribution in [0.1, 0.15) is 36.3 Å². The summed E-state index contributed by atoms with van der Waals surface area (Å²) in [5, 5.41) is 9.94. The molecule has 0 saturated carbocycles. The van der Waals surface area contributed by atoms with Gasteiger partial charge in [-0.25, -0.2) is 4.98 Å². The number of rotatable bonds is 5. The SMILES string of the molecule is Cc1cn2cc(NC(=O)c3ccc(N4C[C@@H](C)N[C@@H](C)C4)c4nccnc34)cc(OC3CCNC3)c2n1. The Labute approximate surface area is 215 Å². The van der Waals surface area contributed by atoms with Crippen LogP contribution in [0.2, 0.25) is 0 Å². The quantitative estimate of drug-likeness (QED) is 0.384. The van der Waals surface area contributed by atoms with Gasteiger partial charge in [0, 0.05) is 62.6 Å². The fourth-order valence-corrected chi connectivity index (χ4v) is 5.46. The largest absolute Gasteiger partial charge is 0.485 e. The highest BCUT2D eigenvalue weighted by atomic mass is 16.5. The van der Waals surface area contributed by atoms with Crippen molar-refractivity contribution in [3.63, 3.8) is 0 Å². The molecule has 0 aliphatic carbocycles. The summed E-state index contributed by atoms with van der Waals surface area (Å²) >= 11 is 0. The van der Waals surface area contributed by atoms with E-state index in [1.54, 1.807) is 12.4 Å². The molecule has 192 valence electrons. The molecule has 4 aromatic rings. The Bertz CT molecular complexity index is 1450. The Morgan fingerprint density at radius 2 is 1.89 bits per heavy atom. The van der Waals surface area contributed by atoms with Crippen molar-refractivity contribution in [2.75, 3.05) is 36.4 Å². The van der Waals surface area contributed by atoms with E-state index >= 15 is 0 Å². The number of aryl methyl sites for hydroxylation is 1. The molecule has 2 saturated heterocycles. The van der Waals surface area contributed by atoms with E-state index in [1.165, 1.54) is 0 Å². The maximum Gasteiger partial charge on any atom is 0.257 e. The minimum Gasteiger partial charge on any atom is -0.485 e. The van der Waals surface area contributed by atoms with Crippen LogP contribution in [-0.2, 0) is 0 Å². The molecule has 2 fully saturated rings. The van der Waals surface area contributed by atoms with Gasteiger partial charge in [-0.2, -0.15) is 0 Å². The number of hydrogen-bond donors (Lipinski definition) is 3. The maximum atomic E-state index is 13.5. The van der Waals surface area contributed by atoms with Crippen LogP contribution in [-0.4, -0.2) is 69.6 Å². The lowest BCUT2D eigenvalue weighted by atomic mass is 10.1. The van der Waals surface area contributed by atoms with Crippen LogP contribution < -0.4 is 25.6 Å². The number of benzene rings is 1. The van der Waals surface area contributed by atoms with E-state index in [2.05, 4.69) is 49.6 Å². The number of anilines is 2. The zero-order valence-corrected chi connectivity index (χ0v) is 21.4. The predicted molar refractivity (Wildman–Crippen MR) is 144 cm³/mol. The second kappa shape index (κ2) is 9.60. The molecule has 0 spiro atoms. The van der Waals surface area contributed by atoms with Crippen LogP contribution in [0, 0.1) is 6.92 Å². The second-order valence-electron chi connectivity index (χ2n) is 10.2. The van der Waals surface area contributed by atoms with Gasteiger partial charge in [0.25, 0.3) is 5.91 Å². The van der Waals surface area contributed by atoms with E-state index in [9.17, 15) is 4.79 Å². The number of piperazine rings is 1. The third kappa shape index (κ3) is 4.70. The van der Waals surface area contributed by atoms with E-state index in [0.29, 0.717) is 34.6 Å². The fraction of sp³-hybridized carbons (Fsp3) is 0.407. The van der Waals surface area contributed by atoms with Crippen molar-refractivity contribution < 1.29 is 9.53 Å². The Morgan fingerprint density at radius 3 is 2.65 bits per heavy atom. The molecule has 3 aromatic heterocycles. The van der Waals surface area contributed by atoms with Crippen LogP contribution >= 0.6 is 0 Å². The second-order valence-corrected chi connectivity index (χ2v) is 10.2. The van der Waals surface area contributed by atoms with Gasteiger partial charge in [0.1, 0.15) is 17.1 Å². The Hall–Kier alpha value is -3.76. The first-order valence-corrected chi connectivity index (χ1v) is 12.9. The van der Waals surface area contributed by atoms with Gasteiger partial charge in [0.2, 0.25) is 0 Å². The molecule has 1 aromatic carbocycles. The summed E-state index contributed by atoms with van der Waals surface area (Å²) < 4.78 is 8.17. The van der Waals surface area contributed by atoms with Gasteiger partial charge in [0.05, 0.1) is 22.6 Å². The molecule has 6 rings (SSSR count). The lowest BCUT2D eigenvalue weighted by Crippen LogP contribution is -2.54. The number of fused-ring (bicyclic) bond motifs is 2. The van der Waals surface area contributed by atoms with Gasteiger partial charge in [-0.3, -0.25) is 14.8 Å². The maximum absolute atomic E-state index is 13.5. The van der Waals surface area contributed by atoms with Crippen molar-refractivity contribution in [1.82, 2.24) is 30.0 Å². The molecule has 2 aliphatic heterocycles. The van der Waals surface area contributed by atoms with Crippen LogP contribution in [0.25, 0.3) is 16.7 Å². The van der Waals surface area contributed by atoms with Crippen molar-refractivity contribution in [2.45, 2.75) is 45.4 Å². The van der Waals surface area contributed by atoms with Crippen molar-refractivity contribution in [3.05, 3.63) is 54.2 Å². The standard InChI is InChI=1S/C27H32N8O2/c1-16-12-34(13-17(2)31-16)22-5-4-21(24-25(22)30-9-8-29-24)27(36)33-19-10-23(37-20-6-7-28-11-20)26-32-18(3)14-35(26)15-19/h4-5,8-10,14-17,20,28,31H,6-7,11-13H2,1-3H3,(H,33,36)/t16-,17+,20?. The normalized spacial score (nSPS) is 22.0. The molecule has 0 radical (unpaired) electrons. The number of ether oxygens (including phenoxy) is 1. The number of carbonyl (C=O) groups is 1. The highest BCUT2D eigenvalue weighted by molar-refractivity contribution is 6.13. The Balaban J connectivity index is 1.32. The first-order chi connectivity index (χ1) is 17.9. The molecule has 1 amide bonds. The summed E-state index contributed by atoms with van der Waals surface area (Å²) in [5.74, 6) is 0.408. The lowest BCUT2D eigenvalue weighted by Gasteiger charge is -2.38. The zero-order valence-electron chi connectivity index (χ0n) is 21.4. The van der Waals surface area contributed by atoms with Crippen LogP contribution in [0.3, 0.4) is 0 Å². The van der Waals surface area contributed by atoms with Crippen LogP contribution in [0.4, 0.5) is 11.4 Å². The number of hydrogen-bond acceptors (Lipinski definition) is 8. The Morgan fingerprint density at radius 1 is 1.11 bits per heavy atom. The third-order valence-corrected chi connectivity index (χ3v) is 6.95. The molecule has 0 bridgehead atoms. The molecule has 10 heteroatoms. The summed E-state index contributed by atoms with van der Waals surface area (Å²) in [5.41, 5.74) is 5.04. The van der Waals surface area contributed by atoms with Gasteiger partial charge in [0.15, 0.2) is 11.4 Å². The molecule has 1 unspecified atom stereocenters. The fourth-order valence-electron chi connectivity index (χ4n) is 5.46. The first kappa shape index (κ1) is 23.6. The number of nitrogens with zero attached hydrogens (tertiary/aromatic N) is 5. The van der Waals surface area contributed by atoms with Gasteiger partial charge in [-0.15, -0.1) is 0 Å². The summed E-state index contributed by atoms with van der Waals surface area (Å²) in [6, 6.07) is 6.40. The average Bonchev–Trinajstić information content (AvgIpc) is 3.51. The molecule has 3 atom stereocenters. The number of carbonyl (C=O) groups excluding carboxylic acids is 1. The highest BCUT2D eigenvalue weighted by Gasteiger charge is 2.25. The van der Waals surface area contributed by atoms with Crippen molar-refractivity contribution in [2.24, 2.45) is 0 Å². The lowest BCUT2D eigenvalue weighted by molar-refractivity contribution is 0.102. The van der Waals surface area contributed by atoms with Crippen LogP contribution in [0.5, 0.6) is 5.75 Å². The van der Waals surface area contributed by atoms with E-state index < -0.39 is 0 Å². The van der Waals surface area contributed by atoms with Gasteiger partial charge in [-0.1, -0.05) is 0 Å². The molecule has 3 N–H and O–H groups in total. The molecule has 5 heterocycles. The van der Waals surface area contributed by atoms with Crippen LogP contribution in [0.15, 0.2) is 43.0 Å². The third-order valence-electron chi connectivity index (χ3n) is 6.95. The summed E-state index contributed by atoms with van der Waals surface area (Å²) in [6.45, 7) is 9.76. The molecule has 2 aliphatic rings. The van der Waals surface area contributed by atoms with Gasteiger partial charge in [-0.05, 0) is 45.9 Å². The molecule has 10 nitrogen and oxygen atoms in total. The zero-order chi connectivity index (χ0) is 25.5. The predicted octanol–water partition coefficient (Wildman–Crippen LogP) is 2.77. The minimum atomic E-state index is -0.247. The highest BCUT2D eigenvalue weighted by Crippen LogP contribution is 2.30. The van der Waals surface area contributed by atoms with Crippen molar-refractivity contribution in [3.8, 4) is 5.75 Å². The number of nitrogens with one attached hydrogen (secondary N) is 3. The van der Waals surface area contributed by atoms with Gasteiger partial charge >= 0.3 is 0 Å². The number of imidazole rings is 1. The molecular formula is C27H32N8O2. The summed E-state index contributed by atoms with van der Waals surface area (Å²) in [7, 11) is 0. The molecule has 37 heavy (non-hydrogen) atoms. The smallest absolute Gasteiger partial charge is 0.257 e. The summed E-state index contributed by atoms with van der Waals surface area (Å²) in [4.78, 5) is 29.7. The Kier molecular flexibility index (Phi) is 6.13. The van der Waals surface area contributed by atoms with E-state index in [0.717, 1.165) is 55.1 Å². The average molecular weight is 501 g/mol. The van der Waals surface area contributed by atoms with Crippen molar-refractivity contribution in [1.29, 1.82) is 0 Å². The number of aromatic nitrogens is 4. The van der Waals surface area contributed by atoms with E-state index in [4.69, 9.17) is 4.74 Å². The first-order valence-electron chi connectivity index (χ1n) is 12.9. The minimum absolute atomic E-state index is 0.0777. The number of pyridine rings is 1. The van der Waals surface area contributed by atoms with Crippen molar-refractivity contribution >= 4 is 34.0 Å². The topological polar surface area (TPSA) is 109 Å². The summed E-state index contributed by atoms with van der Waals surface area (Å²) in [6.07, 6.45) is 8.11. The number of amides is 1. The van der Waals surface area contributed by atoms with E-state index in [-0.39, 0.29) is 12.0 Å². The van der Waals surface area contributed by atoms with E-state index in [1.807, 2.05) is 41.9 Å². The van der Waals surface area contributed by atoms with Gasteiger partial charge < -0.3 is 30.0 Å². The monoisotopic (exact) mass is 500 g/mol.